The highest BCUT2D eigenvalue weighted by Gasteiger charge is 2.20. The van der Waals surface area contributed by atoms with Gasteiger partial charge in [-0.3, -0.25) is 4.68 Å². The van der Waals surface area contributed by atoms with E-state index in [2.05, 4.69) is 30.8 Å². The minimum atomic E-state index is 0.158. The van der Waals surface area contributed by atoms with Crippen molar-refractivity contribution >= 4 is 0 Å². The van der Waals surface area contributed by atoms with E-state index in [0.29, 0.717) is 12.6 Å². The van der Waals surface area contributed by atoms with E-state index in [0.717, 1.165) is 6.42 Å². The van der Waals surface area contributed by atoms with Crippen molar-refractivity contribution in [2.45, 2.75) is 58.4 Å². The number of nitrogens with zero attached hydrogens (tertiary/aromatic N) is 2. The summed E-state index contributed by atoms with van der Waals surface area (Å²) < 4.78 is 2.18. The molecule has 2 N–H and O–H groups in total. The van der Waals surface area contributed by atoms with Crippen LogP contribution in [0.1, 0.15) is 57.7 Å². The van der Waals surface area contributed by atoms with Crippen molar-refractivity contribution in [3.8, 4) is 0 Å². The van der Waals surface area contributed by atoms with Gasteiger partial charge in [-0.15, -0.1) is 0 Å². The van der Waals surface area contributed by atoms with Gasteiger partial charge in [0.1, 0.15) is 0 Å². The molecule has 0 radical (unpaired) electrons. The van der Waals surface area contributed by atoms with Crippen LogP contribution in [0, 0.1) is 5.41 Å². The third-order valence-electron chi connectivity index (χ3n) is 3.82. The fourth-order valence-electron chi connectivity index (χ4n) is 2.58. The molecule has 3 heteroatoms. The second kappa shape index (κ2) is 5.21. The van der Waals surface area contributed by atoms with Crippen LogP contribution in [-0.4, -0.2) is 16.3 Å². The largest absolute Gasteiger partial charge is 0.330 e. The third-order valence-corrected chi connectivity index (χ3v) is 3.82. The number of rotatable bonds is 4. The van der Waals surface area contributed by atoms with Crippen molar-refractivity contribution in [1.29, 1.82) is 0 Å². The van der Waals surface area contributed by atoms with Gasteiger partial charge < -0.3 is 5.73 Å². The highest BCUT2D eigenvalue weighted by atomic mass is 15.3. The molecular weight excluding hydrogens is 210 g/mol. The molecule has 1 fully saturated rings. The van der Waals surface area contributed by atoms with Gasteiger partial charge in [-0.05, 0) is 37.3 Å². The van der Waals surface area contributed by atoms with Gasteiger partial charge in [0.2, 0.25) is 0 Å². The Morgan fingerprint density at radius 2 is 2.06 bits per heavy atom. The van der Waals surface area contributed by atoms with E-state index < -0.39 is 0 Å². The molecule has 1 heterocycles. The van der Waals surface area contributed by atoms with Gasteiger partial charge in [-0.25, -0.2) is 0 Å². The minimum absolute atomic E-state index is 0.158. The molecular formula is C14H25N3. The first kappa shape index (κ1) is 12.6. The predicted molar refractivity (Wildman–Crippen MR) is 70.9 cm³/mol. The molecule has 1 aromatic heterocycles. The smallest absolute Gasteiger partial charge is 0.0630 e. The van der Waals surface area contributed by atoms with Crippen LogP contribution in [0.3, 0.4) is 0 Å². The van der Waals surface area contributed by atoms with Crippen molar-refractivity contribution in [2.24, 2.45) is 11.1 Å². The molecule has 0 bridgehead atoms. The van der Waals surface area contributed by atoms with E-state index in [-0.39, 0.29) is 5.41 Å². The maximum absolute atomic E-state index is 5.77. The molecule has 0 aliphatic heterocycles. The lowest BCUT2D eigenvalue weighted by Gasteiger charge is -2.23. The maximum atomic E-state index is 5.77. The summed E-state index contributed by atoms with van der Waals surface area (Å²) in [6, 6.07) is 2.80. The Kier molecular flexibility index (Phi) is 3.87. The molecule has 0 unspecified atom stereocenters. The van der Waals surface area contributed by atoms with Crippen LogP contribution in [0.4, 0.5) is 0 Å². The molecule has 1 saturated carbocycles. The Balaban J connectivity index is 2.00. The Labute approximate surface area is 104 Å². The van der Waals surface area contributed by atoms with Crippen molar-refractivity contribution in [1.82, 2.24) is 9.78 Å². The molecule has 0 atom stereocenters. The predicted octanol–water partition coefficient (Wildman–Crippen LogP) is 2.92. The Hall–Kier alpha value is -0.830. The van der Waals surface area contributed by atoms with Crippen LogP contribution in [-0.2, 0) is 6.42 Å². The topological polar surface area (TPSA) is 43.8 Å². The number of hydrogen-bond acceptors (Lipinski definition) is 2. The van der Waals surface area contributed by atoms with Crippen LogP contribution < -0.4 is 5.73 Å². The van der Waals surface area contributed by atoms with E-state index in [1.807, 2.05) is 0 Å². The van der Waals surface area contributed by atoms with Crippen LogP contribution in [0.25, 0.3) is 0 Å². The molecule has 17 heavy (non-hydrogen) atoms. The zero-order valence-electron chi connectivity index (χ0n) is 11.2. The summed E-state index contributed by atoms with van der Waals surface area (Å²) in [6.07, 6.45) is 9.82. The summed E-state index contributed by atoms with van der Waals surface area (Å²) in [5.74, 6) is 0. The lowest BCUT2D eigenvalue weighted by atomic mass is 9.88. The summed E-state index contributed by atoms with van der Waals surface area (Å²) in [7, 11) is 0. The average molecular weight is 235 g/mol. The summed E-state index contributed by atoms with van der Waals surface area (Å²) in [5.41, 5.74) is 7.11. The fourth-order valence-corrected chi connectivity index (χ4v) is 2.58. The van der Waals surface area contributed by atoms with Gasteiger partial charge in [0.25, 0.3) is 0 Å². The zero-order valence-corrected chi connectivity index (χ0v) is 11.2. The Bertz CT molecular complexity index is 348. The second-order valence-corrected chi connectivity index (χ2v) is 6.12. The first-order chi connectivity index (χ1) is 8.11. The molecule has 0 amide bonds. The zero-order chi connectivity index (χ0) is 12.3. The average Bonchev–Trinajstić information content (AvgIpc) is 2.78. The lowest BCUT2D eigenvalue weighted by Crippen LogP contribution is -2.26. The number of aromatic nitrogens is 2. The minimum Gasteiger partial charge on any atom is -0.330 e. The molecule has 1 aromatic rings. The molecule has 1 aliphatic rings. The Morgan fingerprint density at radius 3 is 2.71 bits per heavy atom. The van der Waals surface area contributed by atoms with E-state index in [4.69, 9.17) is 10.8 Å². The molecule has 0 spiro atoms. The molecule has 0 saturated heterocycles. The van der Waals surface area contributed by atoms with Gasteiger partial charge >= 0.3 is 0 Å². The van der Waals surface area contributed by atoms with Crippen molar-refractivity contribution < 1.29 is 0 Å². The summed E-state index contributed by atoms with van der Waals surface area (Å²) in [6.45, 7) is 5.11. The maximum Gasteiger partial charge on any atom is 0.0630 e. The molecule has 96 valence electrons. The standard InChI is InChI=1S/C14H25N3/c1-14(2,11-15)10-12-8-9-17(16-12)13-6-4-3-5-7-13/h8-9,13H,3-7,10-11,15H2,1-2H3. The number of hydrogen-bond donors (Lipinski definition) is 1. The Morgan fingerprint density at radius 1 is 1.35 bits per heavy atom. The van der Waals surface area contributed by atoms with Crippen LogP contribution in [0.5, 0.6) is 0 Å². The van der Waals surface area contributed by atoms with E-state index in [9.17, 15) is 0 Å². The van der Waals surface area contributed by atoms with E-state index in [1.54, 1.807) is 0 Å². The fraction of sp³-hybridized carbons (Fsp3) is 0.786. The highest BCUT2D eigenvalue weighted by molar-refractivity contribution is 5.03. The van der Waals surface area contributed by atoms with Crippen molar-refractivity contribution in [2.75, 3.05) is 6.54 Å². The van der Waals surface area contributed by atoms with Gasteiger partial charge in [-0.2, -0.15) is 5.10 Å². The van der Waals surface area contributed by atoms with Crippen LogP contribution in [0.15, 0.2) is 12.3 Å². The SMILES string of the molecule is CC(C)(CN)Cc1ccn(C2CCCCC2)n1. The van der Waals surface area contributed by atoms with Gasteiger partial charge in [0.05, 0.1) is 11.7 Å². The van der Waals surface area contributed by atoms with Gasteiger partial charge in [0, 0.05) is 6.20 Å². The van der Waals surface area contributed by atoms with E-state index in [1.165, 1.54) is 37.8 Å². The number of nitrogens with two attached hydrogens (primary N) is 1. The molecule has 1 aliphatic carbocycles. The molecule has 3 nitrogen and oxygen atoms in total. The quantitative estimate of drug-likeness (QED) is 0.872. The highest BCUT2D eigenvalue weighted by Crippen LogP contribution is 2.28. The molecule has 2 rings (SSSR count). The van der Waals surface area contributed by atoms with Crippen LogP contribution >= 0.6 is 0 Å². The first-order valence-electron chi connectivity index (χ1n) is 6.85. The van der Waals surface area contributed by atoms with Crippen LogP contribution in [0.2, 0.25) is 0 Å². The van der Waals surface area contributed by atoms with Gasteiger partial charge in [0.15, 0.2) is 0 Å². The summed E-state index contributed by atoms with van der Waals surface area (Å²) in [5, 5.41) is 4.73. The second-order valence-electron chi connectivity index (χ2n) is 6.12. The van der Waals surface area contributed by atoms with Crippen molar-refractivity contribution in [3.63, 3.8) is 0 Å². The monoisotopic (exact) mass is 235 g/mol. The molecule has 0 aromatic carbocycles. The third kappa shape index (κ3) is 3.32. The van der Waals surface area contributed by atoms with Crippen molar-refractivity contribution in [3.05, 3.63) is 18.0 Å². The lowest BCUT2D eigenvalue weighted by molar-refractivity contribution is 0.322. The van der Waals surface area contributed by atoms with E-state index >= 15 is 0 Å². The first-order valence-corrected chi connectivity index (χ1v) is 6.85. The normalized spacial score (nSPS) is 18.5. The van der Waals surface area contributed by atoms with Gasteiger partial charge in [-0.1, -0.05) is 33.1 Å². The summed E-state index contributed by atoms with van der Waals surface area (Å²) in [4.78, 5) is 0. The summed E-state index contributed by atoms with van der Waals surface area (Å²) >= 11 is 0.